The molecule has 0 radical (unpaired) electrons. The molecule has 2 nitrogen and oxygen atoms in total. The lowest BCUT2D eigenvalue weighted by atomic mass is 10.2. The highest BCUT2D eigenvalue weighted by molar-refractivity contribution is 9.11. The van der Waals surface area contributed by atoms with E-state index in [1.807, 2.05) is 0 Å². The SMILES string of the molecule is O=Cc1cc(Br)c(OCc2ccc(Cl)cc2F)c(Br)c1. The van der Waals surface area contributed by atoms with Crippen molar-refractivity contribution in [1.82, 2.24) is 0 Å². The molecule has 0 amide bonds. The molecule has 6 heteroatoms. The minimum atomic E-state index is -0.422. The molecule has 0 heterocycles. The van der Waals surface area contributed by atoms with Crippen LogP contribution in [0.1, 0.15) is 15.9 Å². The Morgan fingerprint density at radius 1 is 1.20 bits per heavy atom. The van der Waals surface area contributed by atoms with Crippen LogP contribution in [0.5, 0.6) is 5.75 Å². The molecule has 20 heavy (non-hydrogen) atoms. The number of aldehydes is 1. The standard InChI is InChI=1S/C14H8Br2ClFO2/c15-11-3-8(6-19)4-12(16)14(11)20-7-9-1-2-10(17)5-13(9)18/h1-6H,7H2. The summed E-state index contributed by atoms with van der Waals surface area (Å²) in [6.07, 6.45) is 0.734. The third kappa shape index (κ3) is 3.59. The molecule has 0 atom stereocenters. The van der Waals surface area contributed by atoms with Crippen LogP contribution in [0.15, 0.2) is 39.3 Å². The smallest absolute Gasteiger partial charge is 0.150 e. The van der Waals surface area contributed by atoms with E-state index in [4.69, 9.17) is 16.3 Å². The van der Waals surface area contributed by atoms with Gasteiger partial charge in [0.15, 0.2) is 0 Å². The van der Waals surface area contributed by atoms with Gasteiger partial charge in [0.2, 0.25) is 0 Å². The molecule has 0 aliphatic carbocycles. The number of carbonyl (C=O) groups is 1. The number of carbonyl (C=O) groups excluding carboxylic acids is 1. The van der Waals surface area contributed by atoms with Gasteiger partial charge < -0.3 is 4.74 Å². The highest BCUT2D eigenvalue weighted by Gasteiger charge is 2.11. The van der Waals surface area contributed by atoms with E-state index < -0.39 is 5.82 Å². The Hall–Kier alpha value is -0.910. The van der Waals surface area contributed by atoms with Gasteiger partial charge >= 0.3 is 0 Å². The van der Waals surface area contributed by atoms with Crippen molar-refractivity contribution in [3.05, 3.63) is 61.2 Å². The monoisotopic (exact) mass is 420 g/mol. The molecule has 0 N–H and O–H groups in total. The van der Waals surface area contributed by atoms with Crippen molar-refractivity contribution in [2.75, 3.05) is 0 Å². The normalized spacial score (nSPS) is 10.4. The van der Waals surface area contributed by atoms with Crippen molar-refractivity contribution < 1.29 is 13.9 Å². The first kappa shape index (κ1) is 15.5. The fourth-order valence-corrected chi connectivity index (χ4v) is 3.18. The lowest BCUT2D eigenvalue weighted by Gasteiger charge is -2.11. The van der Waals surface area contributed by atoms with Gasteiger partial charge in [-0.2, -0.15) is 0 Å². The zero-order chi connectivity index (χ0) is 14.7. The largest absolute Gasteiger partial charge is 0.486 e. The van der Waals surface area contributed by atoms with Crippen LogP contribution in [0.3, 0.4) is 0 Å². The first-order chi connectivity index (χ1) is 9.51. The van der Waals surface area contributed by atoms with E-state index >= 15 is 0 Å². The summed E-state index contributed by atoms with van der Waals surface area (Å²) >= 11 is 12.3. The molecule has 2 rings (SSSR count). The first-order valence-electron chi connectivity index (χ1n) is 5.52. The maximum Gasteiger partial charge on any atom is 0.150 e. The van der Waals surface area contributed by atoms with Gasteiger partial charge in [0.05, 0.1) is 8.95 Å². The Balaban J connectivity index is 2.21. The highest BCUT2D eigenvalue weighted by Crippen LogP contribution is 2.35. The summed E-state index contributed by atoms with van der Waals surface area (Å²) in [6, 6.07) is 7.67. The first-order valence-corrected chi connectivity index (χ1v) is 7.48. The molecule has 2 aromatic rings. The second-order valence-electron chi connectivity index (χ2n) is 3.96. The van der Waals surface area contributed by atoms with Crippen LogP contribution in [0.4, 0.5) is 4.39 Å². The van der Waals surface area contributed by atoms with E-state index in [-0.39, 0.29) is 6.61 Å². The van der Waals surface area contributed by atoms with Crippen LogP contribution in [-0.2, 0) is 6.61 Å². The molecule has 0 spiro atoms. The van der Waals surface area contributed by atoms with Crippen molar-refractivity contribution >= 4 is 49.7 Å². The number of halogens is 4. The molecular weight excluding hydrogens is 414 g/mol. The van der Waals surface area contributed by atoms with Gasteiger partial charge in [-0.25, -0.2) is 4.39 Å². The molecule has 0 unspecified atom stereocenters. The molecule has 0 aliphatic rings. The summed E-state index contributed by atoms with van der Waals surface area (Å²) < 4.78 is 20.4. The summed E-state index contributed by atoms with van der Waals surface area (Å²) in [5.74, 6) is 0.0826. The van der Waals surface area contributed by atoms with Crippen LogP contribution < -0.4 is 4.74 Å². The maximum absolute atomic E-state index is 13.6. The average Bonchev–Trinajstić information content (AvgIpc) is 2.39. The predicted molar refractivity (Wildman–Crippen MR) is 83.0 cm³/mol. The second kappa shape index (κ2) is 6.70. The molecule has 0 saturated heterocycles. The Kier molecular flexibility index (Phi) is 5.18. The van der Waals surface area contributed by atoms with Gasteiger partial charge in [-0.15, -0.1) is 0 Å². The van der Waals surface area contributed by atoms with Crippen LogP contribution in [0, 0.1) is 5.82 Å². The lowest BCUT2D eigenvalue weighted by Crippen LogP contribution is -2.00. The van der Waals surface area contributed by atoms with Crippen molar-refractivity contribution in [2.45, 2.75) is 6.61 Å². The average molecular weight is 422 g/mol. The van der Waals surface area contributed by atoms with Crippen LogP contribution in [0.2, 0.25) is 5.02 Å². The zero-order valence-corrected chi connectivity index (χ0v) is 13.9. The topological polar surface area (TPSA) is 26.3 Å². The molecule has 0 aromatic heterocycles. The van der Waals surface area contributed by atoms with Gasteiger partial charge in [0.1, 0.15) is 24.5 Å². The van der Waals surface area contributed by atoms with Crippen LogP contribution in [-0.4, -0.2) is 6.29 Å². The Morgan fingerprint density at radius 3 is 2.40 bits per heavy atom. The molecule has 0 saturated carbocycles. The molecule has 0 fully saturated rings. The Labute approximate surface area is 137 Å². The van der Waals surface area contributed by atoms with E-state index in [0.29, 0.717) is 30.8 Å². The van der Waals surface area contributed by atoms with Crippen LogP contribution >= 0.6 is 43.5 Å². The van der Waals surface area contributed by atoms with Crippen LogP contribution in [0.25, 0.3) is 0 Å². The minimum absolute atomic E-state index is 0.0562. The van der Waals surface area contributed by atoms with E-state index in [1.165, 1.54) is 6.07 Å². The van der Waals surface area contributed by atoms with Crippen molar-refractivity contribution in [1.29, 1.82) is 0 Å². The van der Waals surface area contributed by atoms with E-state index in [0.717, 1.165) is 6.29 Å². The van der Waals surface area contributed by atoms with Gasteiger partial charge in [-0.1, -0.05) is 17.7 Å². The zero-order valence-electron chi connectivity index (χ0n) is 10.00. The molecule has 2 aromatic carbocycles. The van der Waals surface area contributed by atoms with E-state index in [1.54, 1.807) is 24.3 Å². The van der Waals surface area contributed by atoms with Crippen molar-refractivity contribution in [3.63, 3.8) is 0 Å². The third-order valence-corrected chi connectivity index (χ3v) is 3.96. The highest BCUT2D eigenvalue weighted by atomic mass is 79.9. The fraction of sp³-hybridized carbons (Fsp3) is 0.0714. The summed E-state index contributed by atoms with van der Waals surface area (Å²) in [7, 11) is 0. The molecular formula is C14H8Br2ClFO2. The summed E-state index contributed by atoms with van der Waals surface area (Å²) in [6.45, 7) is 0.0562. The predicted octanol–water partition coefficient (Wildman–Crippen LogP) is 5.40. The summed E-state index contributed by atoms with van der Waals surface area (Å²) in [5.41, 5.74) is 0.904. The van der Waals surface area contributed by atoms with Gasteiger partial charge in [-0.3, -0.25) is 4.79 Å². The minimum Gasteiger partial charge on any atom is -0.486 e. The molecule has 104 valence electrons. The van der Waals surface area contributed by atoms with Gasteiger partial charge in [-0.05, 0) is 56.1 Å². The van der Waals surface area contributed by atoms with E-state index in [9.17, 15) is 9.18 Å². The maximum atomic E-state index is 13.6. The number of ether oxygens (including phenoxy) is 1. The number of hydrogen-bond donors (Lipinski definition) is 0. The van der Waals surface area contributed by atoms with Gasteiger partial charge in [0, 0.05) is 16.1 Å². The molecule has 0 bridgehead atoms. The van der Waals surface area contributed by atoms with Crippen molar-refractivity contribution in [3.8, 4) is 5.75 Å². The Morgan fingerprint density at radius 2 is 1.85 bits per heavy atom. The molecule has 0 aliphatic heterocycles. The number of hydrogen-bond acceptors (Lipinski definition) is 2. The number of benzene rings is 2. The Bertz CT molecular complexity index is 639. The third-order valence-electron chi connectivity index (χ3n) is 2.54. The lowest BCUT2D eigenvalue weighted by molar-refractivity contribution is 0.112. The van der Waals surface area contributed by atoms with E-state index in [2.05, 4.69) is 31.9 Å². The quantitative estimate of drug-likeness (QED) is 0.617. The fourth-order valence-electron chi connectivity index (χ4n) is 1.57. The van der Waals surface area contributed by atoms with Gasteiger partial charge in [0.25, 0.3) is 0 Å². The van der Waals surface area contributed by atoms with Crippen molar-refractivity contribution in [2.24, 2.45) is 0 Å². The summed E-state index contributed by atoms with van der Waals surface area (Å²) in [4.78, 5) is 10.7. The number of rotatable bonds is 4. The second-order valence-corrected chi connectivity index (χ2v) is 6.10. The summed E-state index contributed by atoms with van der Waals surface area (Å²) in [5, 5.41) is 0.337.